The molecule has 2 rings (SSSR count). The van der Waals surface area contributed by atoms with Gasteiger partial charge in [0, 0.05) is 11.5 Å². The van der Waals surface area contributed by atoms with Gasteiger partial charge >= 0.3 is 19.2 Å². The maximum Gasteiger partial charge on any atom is 0.424 e. The van der Waals surface area contributed by atoms with Gasteiger partial charge in [0.1, 0.15) is 17.5 Å². The third kappa shape index (κ3) is 7.47. The number of phenols is 1. The molecule has 1 aliphatic rings. The van der Waals surface area contributed by atoms with Gasteiger partial charge in [-0.05, 0) is 77.0 Å². The Morgan fingerprint density at radius 1 is 1.28 bits per heavy atom. The molecule has 1 aromatic rings. The monoisotopic (exact) mass is 521 g/mol. The molecule has 0 heterocycles. The fourth-order valence-electron chi connectivity index (χ4n) is 4.48. The van der Waals surface area contributed by atoms with Gasteiger partial charge in [0.15, 0.2) is 0 Å². The lowest BCUT2D eigenvalue weighted by atomic mass is 9.73. The Morgan fingerprint density at radius 3 is 2.56 bits per heavy atom. The lowest BCUT2D eigenvalue weighted by Gasteiger charge is -2.33. The Balaban J connectivity index is 2.68. The van der Waals surface area contributed by atoms with E-state index in [0.717, 1.165) is 48.8 Å². The first kappa shape index (κ1) is 29.7. The van der Waals surface area contributed by atoms with Crippen LogP contribution in [-0.4, -0.2) is 34.5 Å². The molecule has 0 saturated carbocycles. The Kier molecular flexibility index (Phi) is 10.8. The molecule has 0 spiro atoms. The molecule has 0 amide bonds. The number of aliphatic carboxylic acids is 1. The minimum absolute atomic E-state index is 0.000715. The van der Waals surface area contributed by atoms with E-state index in [0.29, 0.717) is 12.0 Å². The van der Waals surface area contributed by atoms with Gasteiger partial charge in [-0.1, -0.05) is 43.6 Å². The van der Waals surface area contributed by atoms with Crippen LogP contribution in [0.25, 0.3) is 0 Å². The molecular weight excluding hydrogens is 481 g/mol. The average molecular weight is 522 g/mol. The Labute approximate surface area is 214 Å². The molecule has 0 radical (unpaired) electrons. The fraction of sp³-hybridized carbons (Fsp3) is 0.556. The molecule has 8 nitrogen and oxygen atoms in total. The van der Waals surface area contributed by atoms with Crippen LogP contribution in [0.3, 0.4) is 0 Å². The number of allylic oxidation sites excluding steroid dienone is 3. The van der Waals surface area contributed by atoms with Gasteiger partial charge in [-0.3, -0.25) is 4.79 Å². The number of nitrogens with one attached hydrogen (secondary N) is 1. The summed E-state index contributed by atoms with van der Waals surface area (Å²) >= 11 is 0. The number of rotatable bonds is 13. The highest BCUT2D eigenvalue weighted by Gasteiger charge is 2.41. The van der Waals surface area contributed by atoms with Crippen LogP contribution in [0.15, 0.2) is 35.9 Å². The van der Waals surface area contributed by atoms with Crippen molar-refractivity contribution in [3.8, 4) is 11.5 Å². The standard InChI is InChI=1S/C27H40NO7P/c1-7-9-10-11-20-15-23(29)25(22-14-18(5)12-13-21(22)17(3)4)24(16-20)35-36(33,27(32)34-8-2)28-19(6)26(30)31/h14-16,19,21-22,29H,3,7-13H2,1-2,4-6H3,(H,28,33)(H,30,31)/t19?,21-,22+,36?/m0/s1. The van der Waals surface area contributed by atoms with E-state index in [4.69, 9.17) is 9.26 Å². The first-order chi connectivity index (χ1) is 16.9. The maximum absolute atomic E-state index is 13.8. The van der Waals surface area contributed by atoms with Crippen LogP contribution < -0.4 is 9.61 Å². The van der Waals surface area contributed by atoms with Crippen molar-refractivity contribution >= 4 is 19.2 Å². The average Bonchev–Trinajstić information content (AvgIpc) is 2.78. The molecular formula is C27H40NO7P. The fourth-order valence-corrected chi connectivity index (χ4v) is 6.06. The van der Waals surface area contributed by atoms with Crippen molar-refractivity contribution in [1.29, 1.82) is 0 Å². The highest BCUT2D eigenvalue weighted by molar-refractivity contribution is 7.74. The van der Waals surface area contributed by atoms with E-state index in [1.165, 1.54) is 6.92 Å². The normalized spacial score (nSPS) is 20.1. The first-order valence-electron chi connectivity index (χ1n) is 12.6. The van der Waals surface area contributed by atoms with Crippen molar-refractivity contribution in [3.63, 3.8) is 0 Å². The van der Waals surface area contributed by atoms with Gasteiger partial charge in [0.05, 0.1) is 6.61 Å². The van der Waals surface area contributed by atoms with E-state index in [1.807, 2.05) is 19.9 Å². The lowest BCUT2D eigenvalue weighted by molar-refractivity contribution is -0.138. The summed E-state index contributed by atoms with van der Waals surface area (Å²) in [7, 11) is -4.51. The number of hydrogen-bond acceptors (Lipinski definition) is 6. The lowest BCUT2D eigenvalue weighted by Crippen LogP contribution is -2.35. The summed E-state index contributed by atoms with van der Waals surface area (Å²) in [5.41, 5.74) is 2.07. The third-order valence-corrected chi connectivity index (χ3v) is 8.22. The van der Waals surface area contributed by atoms with Crippen molar-refractivity contribution in [2.45, 2.75) is 85.1 Å². The molecule has 36 heavy (non-hydrogen) atoms. The quantitative estimate of drug-likeness (QED) is 0.145. The van der Waals surface area contributed by atoms with Crippen molar-refractivity contribution in [3.05, 3.63) is 47.1 Å². The number of ether oxygens (including phenoxy) is 1. The second-order valence-electron chi connectivity index (χ2n) is 9.54. The first-order valence-corrected chi connectivity index (χ1v) is 14.2. The summed E-state index contributed by atoms with van der Waals surface area (Å²) in [5, 5.41) is 22.9. The SMILES string of the molecule is C=C(C)[C@@H]1CCC(C)=C[C@H]1c1c(O)cc(CCCCC)cc1OP(=O)(NC(C)C(=O)O)C(=O)OCC. The van der Waals surface area contributed by atoms with Gasteiger partial charge in [-0.15, -0.1) is 0 Å². The summed E-state index contributed by atoms with van der Waals surface area (Å²) < 4.78 is 24.7. The number of benzene rings is 1. The number of hydrogen-bond donors (Lipinski definition) is 3. The zero-order valence-corrected chi connectivity index (χ0v) is 22.9. The second kappa shape index (κ2) is 13.1. The summed E-state index contributed by atoms with van der Waals surface area (Å²) in [5.74, 6) is -1.56. The molecule has 1 aromatic carbocycles. The molecule has 9 heteroatoms. The van der Waals surface area contributed by atoms with E-state index in [1.54, 1.807) is 19.1 Å². The van der Waals surface area contributed by atoms with E-state index in [9.17, 15) is 24.4 Å². The number of unbranched alkanes of at least 4 members (excludes halogenated alkanes) is 2. The van der Waals surface area contributed by atoms with Gasteiger partial charge in [0.25, 0.3) is 0 Å². The second-order valence-corrected chi connectivity index (χ2v) is 11.5. The highest BCUT2D eigenvalue weighted by atomic mass is 31.2. The summed E-state index contributed by atoms with van der Waals surface area (Å²) in [6, 6.07) is 2.04. The zero-order valence-electron chi connectivity index (χ0n) is 22.0. The highest BCUT2D eigenvalue weighted by Crippen LogP contribution is 2.52. The predicted molar refractivity (Wildman–Crippen MR) is 141 cm³/mol. The number of carbonyl (C=O) groups excluding carboxylic acids is 1. The van der Waals surface area contributed by atoms with Crippen molar-refractivity contribution < 1.29 is 33.6 Å². The van der Waals surface area contributed by atoms with Gasteiger partial charge in [0.2, 0.25) is 0 Å². The van der Waals surface area contributed by atoms with Crippen LogP contribution in [0.4, 0.5) is 4.79 Å². The predicted octanol–water partition coefficient (Wildman–Crippen LogP) is 6.93. The summed E-state index contributed by atoms with van der Waals surface area (Å²) in [6.07, 6.45) is 7.32. The van der Waals surface area contributed by atoms with Gasteiger partial charge in [-0.25, -0.2) is 14.4 Å². The zero-order chi connectivity index (χ0) is 27.0. The van der Waals surface area contributed by atoms with Crippen LogP contribution in [-0.2, 0) is 20.5 Å². The van der Waals surface area contributed by atoms with Crippen LogP contribution in [0, 0.1) is 5.92 Å². The third-order valence-electron chi connectivity index (χ3n) is 6.43. The van der Waals surface area contributed by atoms with Crippen molar-refractivity contribution in [2.24, 2.45) is 5.92 Å². The number of carboxylic acids is 1. The van der Waals surface area contributed by atoms with Crippen LogP contribution in [0.2, 0.25) is 0 Å². The molecule has 0 aliphatic heterocycles. The molecule has 4 atom stereocenters. The van der Waals surface area contributed by atoms with E-state index >= 15 is 0 Å². The molecule has 0 aromatic heterocycles. The topological polar surface area (TPSA) is 122 Å². The molecule has 2 unspecified atom stereocenters. The molecule has 200 valence electrons. The number of carbonyl (C=O) groups is 2. The van der Waals surface area contributed by atoms with Crippen LogP contribution >= 0.6 is 7.52 Å². The molecule has 3 N–H and O–H groups in total. The minimum Gasteiger partial charge on any atom is -0.507 e. The number of aryl methyl sites for hydroxylation is 1. The minimum atomic E-state index is -4.51. The largest absolute Gasteiger partial charge is 0.507 e. The van der Waals surface area contributed by atoms with Crippen molar-refractivity contribution in [2.75, 3.05) is 6.61 Å². The Morgan fingerprint density at radius 2 is 1.97 bits per heavy atom. The Bertz CT molecular complexity index is 1050. The maximum atomic E-state index is 13.8. The van der Waals surface area contributed by atoms with Gasteiger partial charge < -0.3 is 19.5 Å². The van der Waals surface area contributed by atoms with E-state index in [-0.39, 0.29) is 29.9 Å². The van der Waals surface area contributed by atoms with Crippen LogP contribution in [0.5, 0.6) is 11.5 Å². The number of carboxylic acid groups (broad SMARTS) is 1. The van der Waals surface area contributed by atoms with E-state index in [2.05, 4.69) is 18.6 Å². The molecule has 0 fully saturated rings. The Hall–Kier alpha value is -2.57. The molecule has 0 bridgehead atoms. The van der Waals surface area contributed by atoms with Crippen LogP contribution in [0.1, 0.15) is 83.8 Å². The van der Waals surface area contributed by atoms with Gasteiger partial charge in [-0.2, -0.15) is 0 Å². The van der Waals surface area contributed by atoms with Crippen molar-refractivity contribution in [1.82, 2.24) is 5.09 Å². The number of phenolic OH excluding ortho intramolecular Hbond substituents is 1. The summed E-state index contributed by atoms with van der Waals surface area (Å²) in [4.78, 5) is 24.3. The number of aromatic hydroxyl groups is 1. The molecule has 0 saturated heterocycles. The summed E-state index contributed by atoms with van der Waals surface area (Å²) in [6.45, 7) is 12.9. The van der Waals surface area contributed by atoms with E-state index < -0.39 is 25.2 Å². The smallest absolute Gasteiger partial charge is 0.424 e. The molecule has 1 aliphatic carbocycles.